The first-order valence-corrected chi connectivity index (χ1v) is 7.24. The van der Waals surface area contributed by atoms with Gasteiger partial charge in [0.25, 0.3) is 0 Å². The number of thiophene rings is 1. The molecule has 106 valence electrons. The van der Waals surface area contributed by atoms with Gasteiger partial charge in [-0.25, -0.2) is 0 Å². The molecular formula is C14H15FN2O2S. The van der Waals surface area contributed by atoms with Crippen LogP contribution in [-0.4, -0.2) is 4.92 Å². The predicted octanol–water partition coefficient (Wildman–Crippen LogP) is 4.75. The second-order valence-corrected chi connectivity index (χ2v) is 5.37. The molecule has 0 saturated heterocycles. The normalized spacial score (nSPS) is 12.1. The van der Waals surface area contributed by atoms with E-state index >= 15 is 0 Å². The van der Waals surface area contributed by atoms with Gasteiger partial charge in [-0.2, -0.15) is 4.39 Å². The Morgan fingerprint density at radius 1 is 1.40 bits per heavy atom. The number of rotatable bonds is 6. The third kappa shape index (κ3) is 3.14. The van der Waals surface area contributed by atoms with Crippen molar-refractivity contribution in [1.29, 1.82) is 0 Å². The summed E-state index contributed by atoms with van der Waals surface area (Å²) in [7, 11) is 0. The number of nitrogens with zero attached hydrogens (tertiary/aromatic N) is 1. The Hall–Kier alpha value is -1.95. The van der Waals surface area contributed by atoms with Crippen molar-refractivity contribution in [3.8, 4) is 0 Å². The molecule has 20 heavy (non-hydrogen) atoms. The highest BCUT2D eigenvalue weighted by Gasteiger charge is 2.22. The fraction of sp³-hybridized carbons (Fsp3) is 0.286. The summed E-state index contributed by atoms with van der Waals surface area (Å²) in [5.74, 6) is -0.818. The zero-order chi connectivity index (χ0) is 14.5. The van der Waals surface area contributed by atoms with E-state index in [2.05, 4.69) is 5.32 Å². The lowest BCUT2D eigenvalue weighted by molar-refractivity contribution is -0.386. The van der Waals surface area contributed by atoms with Gasteiger partial charge in [0, 0.05) is 4.88 Å². The summed E-state index contributed by atoms with van der Waals surface area (Å²) < 4.78 is 13.6. The summed E-state index contributed by atoms with van der Waals surface area (Å²) in [5, 5.41) is 16.1. The molecule has 0 aliphatic carbocycles. The Morgan fingerprint density at radius 2 is 2.20 bits per heavy atom. The second kappa shape index (κ2) is 6.47. The van der Waals surface area contributed by atoms with E-state index in [1.807, 2.05) is 24.4 Å². The van der Waals surface area contributed by atoms with Gasteiger partial charge in [0.2, 0.25) is 5.82 Å². The van der Waals surface area contributed by atoms with Crippen molar-refractivity contribution < 1.29 is 9.31 Å². The van der Waals surface area contributed by atoms with Crippen LogP contribution in [0.2, 0.25) is 0 Å². The van der Waals surface area contributed by atoms with E-state index < -0.39 is 16.4 Å². The average molecular weight is 294 g/mol. The van der Waals surface area contributed by atoms with Crippen LogP contribution in [0.3, 0.4) is 0 Å². The Bertz CT molecular complexity index is 587. The molecule has 0 aliphatic heterocycles. The van der Waals surface area contributed by atoms with E-state index in [1.165, 1.54) is 12.1 Å². The molecule has 0 amide bonds. The lowest BCUT2D eigenvalue weighted by Crippen LogP contribution is -2.11. The van der Waals surface area contributed by atoms with E-state index in [9.17, 15) is 14.5 Å². The minimum Gasteiger partial charge on any atom is -0.372 e. The van der Waals surface area contributed by atoms with Crippen molar-refractivity contribution in [1.82, 2.24) is 0 Å². The molecule has 6 heteroatoms. The van der Waals surface area contributed by atoms with Gasteiger partial charge in [0.15, 0.2) is 0 Å². The van der Waals surface area contributed by atoms with Crippen LogP contribution in [0.1, 0.15) is 30.7 Å². The van der Waals surface area contributed by atoms with Crippen LogP contribution >= 0.6 is 11.3 Å². The second-order valence-electron chi connectivity index (χ2n) is 4.39. The van der Waals surface area contributed by atoms with Crippen LogP contribution in [0.15, 0.2) is 35.7 Å². The molecule has 0 fully saturated rings. The number of hydrogen-bond acceptors (Lipinski definition) is 4. The summed E-state index contributed by atoms with van der Waals surface area (Å²) in [6.45, 7) is 2.04. The number of benzene rings is 1. The van der Waals surface area contributed by atoms with Crippen LogP contribution in [-0.2, 0) is 0 Å². The molecule has 1 aromatic carbocycles. The zero-order valence-corrected chi connectivity index (χ0v) is 11.8. The molecule has 0 aliphatic rings. The largest absolute Gasteiger partial charge is 0.372 e. The van der Waals surface area contributed by atoms with Crippen LogP contribution in [0.25, 0.3) is 0 Å². The topological polar surface area (TPSA) is 55.2 Å². The molecule has 1 N–H and O–H groups in total. The highest BCUT2D eigenvalue weighted by molar-refractivity contribution is 7.10. The van der Waals surface area contributed by atoms with Gasteiger partial charge in [-0.1, -0.05) is 25.5 Å². The van der Waals surface area contributed by atoms with E-state index in [4.69, 9.17) is 0 Å². The van der Waals surface area contributed by atoms with Gasteiger partial charge in [-0.3, -0.25) is 10.1 Å². The molecule has 1 atom stereocenters. The lowest BCUT2D eigenvalue weighted by atomic mass is 10.1. The molecule has 2 aromatic rings. The average Bonchev–Trinajstić information content (AvgIpc) is 2.91. The number of nitro groups is 1. The highest BCUT2D eigenvalue weighted by atomic mass is 32.1. The summed E-state index contributed by atoms with van der Waals surface area (Å²) in [6.07, 6.45) is 1.76. The molecule has 0 saturated carbocycles. The number of hydrogen-bond donors (Lipinski definition) is 1. The fourth-order valence-electron chi connectivity index (χ4n) is 2.07. The van der Waals surface area contributed by atoms with Crippen molar-refractivity contribution in [2.75, 3.05) is 5.32 Å². The Balaban J connectivity index is 2.32. The van der Waals surface area contributed by atoms with Gasteiger partial charge in [-0.05, 0) is 30.0 Å². The van der Waals surface area contributed by atoms with Crippen molar-refractivity contribution in [2.45, 2.75) is 25.8 Å². The number of para-hydroxylation sites is 1. The third-order valence-corrected chi connectivity index (χ3v) is 3.95. The molecule has 1 heterocycles. The van der Waals surface area contributed by atoms with Gasteiger partial charge in [-0.15, -0.1) is 11.3 Å². The standard InChI is InChI=1S/C14H15FN2O2S/c1-2-5-11(13-8-4-9-20-13)16-12-7-3-6-10(15)14(12)17(18)19/h3-4,6-9,11,16H,2,5H2,1H3. The first-order valence-electron chi connectivity index (χ1n) is 6.36. The minimum atomic E-state index is -0.818. The Morgan fingerprint density at radius 3 is 2.80 bits per heavy atom. The van der Waals surface area contributed by atoms with Gasteiger partial charge in [0.05, 0.1) is 11.0 Å². The van der Waals surface area contributed by atoms with E-state index in [-0.39, 0.29) is 11.7 Å². The summed E-state index contributed by atoms with van der Waals surface area (Å²) in [4.78, 5) is 11.4. The third-order valence-electron chi connectivity index (χ3n) is 2.96. The smallest absolute Gasteiger partial charge is 0.327 e. The van der Waals surface area contributed by atoms with Crippen LogP contribution in [0.5, 0.6) is 0 Å². The molecule has 0 radical (unpaired) electrons. The van der Waals surface area contributed by atoms with Crippen LogP contribution in [0, 0.1) is 15.9 Å². The quantitative estimate of drug-likeness (QED) is 0.618. The van der Waals surface area contributed by atoms with Crippen molar-refractivity contribution in [2.24, 2.45) is 0 Å². The maximum Gasteiger partial charge on any atom is 0.327 e. The molecule has 2 rings (SSSR count). The lowest BCUT2D eigenvalue weighted by Gasteiger charge is -2.18. The molecular weight excluding hydrogens is 279 g/mol. The van der Waals surface area contributed by atoms with Gasteiger partial charge < -0.3 is 5.32 Å². The van der Waals surface area contributed by atoms with Crippen molar-refractivity contribution in [3.63, 3.8) is 0 Å². The summed E-state index contributed by atoms with van der Waals surface area (Å²) in [6, 6.07) is 7.98. The molecule has 1 aromatic heterocycles. The van der Waals surface area contributed by atoms with E-state index in [1.54, 1.807) is 11.3 Å². The summed E-state index contributed by atoms with van der Waals surface area (Å²) in [5.41, 5.74) is -0.271. The van der Waals surface area contributed by atoms with E-state index in [0.717, 1.165) is 23.8 Å². The zero-order valence-electron chi connectivity index (χ0n) is 11.0. The van der Waals surface area contributed by atoms with E-state index in [0.29, 0.717) is 0 Å². The maximum atomic E-state index is 13.6. The molecule has 1 unspecified atom stereocenters. The molecule has 0 bridgehead atoms. The maximum absolute atomic E-state index is 13.6. The van der Waals surface area contributed by atoms with Crippen molar-refractivity contribution >= 4 is 22.7 Å². The number of nitrogens with one attached hydrogen (secondary N) is 1. The summed E-state index contributed by atoms with van der Waals surface area (Å²) >= 11 is 1.58. The van der Waals surface area contributed by atoms with Gasteiger partial charge >= 0.3 is 5.69 Å². The number of halogens is 1. The van der Waals surface area contributed by atoms with Gasteiger partial charge in [0.1, 0.15) is 5.69 Å². The monoisotopic (exact) mass is 294 g/mol. The first-order chi connectivity index (χ1) is 9.63. The molecule has 4 nitrogen and oxygen atoms in total. The van der Waals surface area contributed by atoms with Crippen LogP contribution in [0.4, 0.5) is 15.8 Å². The van der Waals surface area contributed by atoms with Crippen molar-refractivity contribution in [3.05, 3.63) is 56.5 Å². The highest BCUT2D eigenvalue weighted by Crippen LogP contribution is 2.33. The Kier molecular flexibility index (Phi) is 4.68. The predicted molar refractivity (Wildman–Crippen MR) is 78.6 cm³/mol. The number of nitro benzene ring substituents is 1. The first kappa shape index (κ1) is 14.5. The number of anilines is 1. The molecule has 0 spiro atoms. The fourth-order valence-corrected chi connectivity index (χ4v) is 2.88. The Labute approximate surface area is 120 Å². The van der Waals surface area contributed by atoms with Crippen LogP contribution < -0.4 is 5.32 Å². The SMILES string of the molecule is CCCC(Nc1cccc(F)c1[N+](=O)[O-])c1cccs1. The minimum absolute atomic E-state index is 0.0412.